The summed E-state index contributed by atoms with van der Waals surface area (Å²) in [6, 6.07) is 4.12. The SMILES string of the molecule is N[C@H]1CN(C(=O)O)c2ccccc2N(CC(F)(F)F)C1=O. The van der Waals surface area contributed by atoms with Crippen LogP contribution in [-0.4, -0.2) is 42.4 Å². The summed E-state index contributed by atoms with van der Waals surface area (Å²) in [5, 5.41) is 9.15. The molecular formula is C12H12F3N3O3. The summed E-state index contributed by atoms with van der Waals surface area (Å²) >= 11 is 0. The van der Waals surface area contributed by atoms with Gasteiger partial charge in [0.05, 0.1) is 17.9 Å². The number of anilines is 2. The zero-order chi connectivity index (χ0) is 15.8. The molecule has 0 aromatic heterocycles. The Morgan fingerprint density at radius 2 is 1.90 bits per heavy atom. The quantitative estimate of drug-likeness (QED) is 0.821. The van der Waals surface area contributed by atoms with E-state index < -0.39 is 37.3 Å². The van der Waals surface area contributed by atoms with Gasteiger partial charge in [0.15, 0.2) is 0 Å². The van der Waals surface area contributed by atoms with Gasteiger partial charge in [-0.25, -0.2) is 4.79 Å². The minimum atomic E-state index is -4.62. The summed E-state index contributed by atoms with van der Waals surface area (Å²) in [7, 11) is 0. The van der Waals surface area contributed by atoms with Gasteiger partial charge in [-0.3, -0.25) is 14.6 Å². The van der Waals surface area contributed by atoms with E-state index in [-0.39, 0.29) is 11.4 Å². The van der Waals surface area contributed by atoms with Crippen LogP contribution < -0.4 is 15.5 Å². The molecule has 2 rings (SSSR count). The fraction of sp³-hybridized carbons (Fsp3) is 0.333. The van der Waals surface area contributed by atoms with Gasteiger partial charge in [-0.2, -0.15) is 13.2 Å². The fourth-order valence-electron chi connectivity index (χ4n) is 2.14. The summed E-state index contributed by atoms with van der Waals surface area (Å²) in [5.74, 6) is -0.969. The third-order valence-corrected chi connectivity index (χ3v) is 2.99. The molecule has 0 fully saturated rings. The lowest BCUT2D eigenvalue weighted by atomic mass is 10.2. The van der Waals surface area contributed by atoms with Gasteiger partial charge in [-0.05, 0) is 12.1 Å². The summed E-state index contributed by atoms with van der Waals surface area (Å²) in [5.41, 5.74) is 5.40. The molecule has 0 saturated carbocycles. The molecule has 1 atom stereocenters. The third kappa shape index (κ3) is 3.07. The molecule has 0 saturated heterocycles. The number of carbonyl (C=O) groups excluding carboxylic acids is 1. The maximum Gasteiger partial charge on any atom is 0.411 e. The number of benzene rings is 1. The molecule has 0 bridgehead atoms. The Morgan fingerprint density at radius 1 is 1.33 bits per heavy atom. The van der Waals surface area contributed by atoms with E-state index in [9.17, 15) is 22.8 Å². The van der Waals surface area contributed by atoms with Crippen LogP contribution in [0.25, 0.3) is 0 Å². The van der Waals surface area contributed by atoms with Gasteiger partial charge in [-0.1, -0.05) is 12.1 Å². The number of carbonyl (C=O) groups is 2. The lowest BCUT2D eigenvalue weighted by molar-refractivity contribution is -0.132. The van der Waals surface area contributed by atoms with E-state index in [0.29, 0.717) is 4.90 Å². The second-order valence-corrected chi connectivity index (χ2v) is 4.53. The lowest BCUT2D eigenvalue weighted by Gasteiger charge is -2.25. The van der Waals surface area contributed by atoms with Crippen molar-refractivity contribution in [2.45, 2.75) is 12.2 Å². The van der Waals surface area contributed by atoms with Gasteiger partial charge in [-0.15, -0.1) is 0 Å². The first kappa shape index (κ1) is 15.1. The van der Waals surface area contributed by atoms with Crippen molar-refractivity contribution < 1.29 is 27.9 Å². The molecule has 0 spiro atoms. The minimum Gasteiger partial charge on any atom is -0.465 e. The van der Waals surface area contributed by atoms with E-state index in [1.807, 2.05) is 0 Å². The van der Waals surface area contributed by atoms with Crippen molar-refractivity contribution in [1.82, 2.24) is 0 Å². The number of hydrogen-bond donors (Lipinski definition) is 2. The smallest absolute Gasteiger partial charge is 0.411 e. The number of halogens is 3. The van der Waals surface area contributed by atoms with Crippen LogP contribution in [0.4, 0.5) is 29.3 Å². The highest BCUT2D eigenvalue weighted by Crippen LogP contribution is 2.34. The highest BCUT2D eigenvalue weighted by Gasteiger charge is 2.40. The maximum atomic E-state index is 12.7. The lowest BCUT2D eigenvalue weighted by Crippen LogP contribution is -2.50. The number of hydrogen-bond acceptors (Lipinski definition) is 3. The van der Waals surface area contributed by atoms with Gasteiger partial charge >= 0.3 is 12.3 Å². The Labute approximate surface area is 117 Å². The molecule has 1 heterocycles. The standard InChI is InChI=1S/C12H12F3N3O3/c13-12(14,15)6-18-9-4-2-1-3-8(9)17(11(20)21)5-7(16)10(18)19/h1-4,7H,5-6,16H2,(H,20,21)/t7-/m0/s1. The number of rotatable bonds is 1. The van der Waals surface area contributed by atoms with Gasteiger partial charge in [0.1, 0.15) is 12.6 Å². The second kappa shape index (κ2) is 5.24. The van der Waals surface area contributed by atoms with Crippen molar-refractivity contribution >= 4 is 23.4 Å². The Bertz CT molecular complexity index is 576. The van der Waals surface area contributed by atoms with Crippen LogP contribution in [0.1, 0.15) is 0 Å². The molecule has 1 aromatic rings. The zero-order valence-corrected chi connectivity index (χ0v) is 10.7. The van der Waals surface area contributed by atoms with Crippen LogP contribution in [0.3, 0.4) is 0 Å². The number of alkyl halides is 3. The minimum absolute atomic E-state index is 0.00412. The van der Waals surface area contributed by atoms with E-state index in [1.165, 1.54) is 24.3 Å². The first-order valence-electron chi connectivity index (χ1n) is 5.94. The van der Waals surface area contributed by atoms with Crippen molar-refractivity contribution in [3.05, 3.63) is 24.3 Å². The molecule has 3 N–H and O–H groups in total. The van der Waals surface area contributed by atoms with E-state index in [2.05, 4.69) is 0 Å². The monoisotopic (exact) mass is 303 g/mol. The predicted molar refractivity (Wildman–Crippen MR) is 68.2 cm³/mol. The molecule has 0 unspecified atom stereocenters. The number of para-hydroxylation sites is 2. The van der Waals surface area contributed by atoms with E-state index in [1.54, 1.807) is 0 Å². The van der Waals surface area contributed by atoms with E-state index >= 15 is 0 Å². The molecular weight excluding hydrogens is 291 g/mol. The topological polar surface area (TPSA) is 86.9 Å². The summed E-state index contributed by atoms with van der Waals surface area (Å²) in [6.07, 6.45) is -6.01. The maximum absolute atomic E-state index is 12.7. The number of nitrogens with two attached hydrogens (primary N) is 1. The molecule has 9 heteroatoms. The molecule has 0 aliphatic carbocycles. The van der Waals surface area contributed by atoms with Crippen LogP contribution in [0.5, 0.6) is 0 Å². The molecule has 114 valence electrons. The van der Waals surface area contributed by atoms with Crippen molar-refractivity contribution in [2.75, 3.05) is 22.9 Å². The summed E-state index contributed by atoms with van der Waals surface area (Å²) in [6.45, 7) is -1.93. The highest BCUT2D eigenvalue weighted by molar-refractivity contribution is 6.05. The normalized spacial score (nSPS) is 19.2. The highest BCUT2D eigenvalue weighted by atomic mass is 19.4. The van der Waals surface area contributed by atoms with Gasteiger partial charge in [0.25, 0.3) is 0 Å². The molecule has 0 radical (unpaired) electrons. The van der Waals surface area contributed by atoms with Crippen molar-refractivity contribution in [3.63, 3.8) is 0 Å². The number of fused-ring (bicyclic) bond motifs is 1. The van der Waals surface area contributed by atoms with Crippen LogP contribution in [-0.2, 0) is 4.79 Å². The first-order chi connectivity index (χ1) is 9.70. The van der Waals surface area contributed by atoms with Gasteiger partial charge < -0.3 is 10.8 Å². The fourth-order valence-corrected chi connectivity index (χ4v) is 2.14. The Hall–Kier alpha value is -2.29. The van der Waals surface area contributed by atoms with Crippen LogP contribution in [0, 0.1) is 0 Å². The average Bonchev–Trinajstić information content (AvgIpc) is 2.48. The summed E-state index contributed by atoms with van der Waals surface area (Å²) in [4.78, 5) is 24.5. The predicted octanol–water partition coefficient (Wildman–Crippen LogP) is 1.41. The Balaban J connectivity index is 2.55. The summed E-state index contributed by atoms with van der Waals surface area (Å²) < 4.78 is 38.0. The molecule has 1 aliphatic heterocycles. The zero-order valence-electron chi connectivity index (χ0n) is 10.7. The molecule has 1 aliphatic rings. The molecule has 6 nitrogen and oxygen atoms in total. The van der Waals surface area contributed by atoms with E-state index in [0.717, 1.165) is 4.90 Å². The largest absolute Gasteiger partial charge is 0.465 e. The molecule has 1 aromatic carbocycles. The average molecular weight is 303 g/mol. The third-order valence-electron chi connectivity index (χ3n) is 2.99. The van der Waals surface area contributed by atoms with Crippen molar-refractivity contribution in [3.8, 4) is 0 Å². The van der Waals surface area contributed by atoms with Crippen molar-refractivity contribution in [1.29, 1.82) is 0 Å². The van der Waals surface area contributed by atoms with Gasteiger partial charge in [0, 0.05) is 0 Å². The van der Waals surface area contributed by atoms with Crippen LogP contribution >= 0.6 is 0 Å². The number of carboxylic acid groups (broad SMARTS) is 1. The van der Waals surface area contributed by atoms with Crippen LogP contribution in [0.2, 0.25) is 0 Å². The Kier molecular flexibility index (Phi) is 3.77. The van der Waals surface area contributed by atoms with Crippen LogP contribution in [0.15, 0.2) is 24.3 Å². The van der Waals surface area contributed by atoms with Gasteiger partial charge in [0.2, 0.25) is 5.91 Å². The van der Waals surface area contributed by atoms with Crippen molar-refractivity contribution in [2.24, 2.45) is 5.73 Å². The van der Waals surface area contributed by atoms with E-state index in [4.69, 9.17) is 10.8 Å². The molecule has 21 heavy (non-hydrogen) atoms. The first-order valence-corrected chi connectivity index (χ1v) is 5.94. The second-order valence-electron chi connectivity index (χ2n) is 4.53. The Morgan fingerprint density at radius 3 is 2.43 bits per heavy atom. The number of nitrogens with zero attached hydrogens (tertiary/aromatic N) is 2. The number of amides is 2. The molecule has 2 amide bonds.